The first kappa shape index (κ1) is 12.9. The summed E-state index contributed by atoms with van der Waals surface area (Å²) in [4.78, 5) is 11.3. The molecule has 0 saturated carbocycles. The molecule has 0 spiro atoms. The number of nitrogens with zero attached hydrogens (tertiary/aromatic N) is 3. The highest BCUT2D eigenvalue weighted by Gasteiger charge is 2.18. The van der Waals surface area contributed by atoms with Gasteiger partial charge in [-0.25, -0.2) is 9.97 Å². The van der Waals surface area contributed by atoms with Gasteiger partial charge in [0.25, 0.3) is 0 Å². The Kier molecular flexibility index (Phi) is 3.26. The topological polar surface area (TPSA) is 29.0 Å². The van der Waals surface area contributed by atoms with Crippen LogP contribution in [0.2, 0.25) is 0 Å². The molecular weight excluding hydrogens is 246 g/mol. The summed E-state index contributed by atoms with van der Waals surface area (Å²) in [5, 5.41) is 0. The molecule has 1 aromatic carbocycles. The summed E-state index contributed by atoms with van der Waals surface area (Å²) in [5.41, 5.74) is 4.80. The molecule has 1 aromatic heterocycles. The summed E-state index contributed by atoms with van der Waals surface area (Å²) in [5.74, 6) is 1.84. The number of anilines is 2. The molecule has 3 nitrogen and oxygen atoms in total. The SMILES string of the molecule is CCc1ccc(N(C)c2nc(C)nc3c2CC=C3)cc1. The van der Waals surface area contributed by atoms with Gasteiger partial charge in [0.1, 0.15) is 11.6 Å². The van der Waals surface area contributed by atoms with Crippen molar-refractivity contribution < 1.29 is 0 Å². The van der Waals surface area contributed by atoms with Crippen molar-refractivity contribution >= 4 is 17.6 Å². The highest BCUT2D eigenvalue weighted by atomic mass is 15.2. The van der Waals surface area contributed by atoms with Gasteiger partial charge < -0.3 is 4.90 Å². The van der Waals surface area contributed by atoms with Gasteiger partial charge >= 0.3 is 0 Å². The van der Waals surface area contributed by atoms with Crippen molar-refractivity contribution in [1.29, 1.82) is 0 Å². The second-order valence-corrected chi connectivity index (χ2v) is 5.14. The number of fused-ring (bicyclic) bond motifs is 1. The Morgan fingerprint density at radius 1 is 1.15 bits per heavy atom. The minimum atomic E-state index is 0.822. The summed E-state index contributed by atoms with van der Waals surface area (Å²) in [6.07, 6.45) is 6.22. The average molecular weight is 265 g/mol. The van der Waals surface area contributed by atoms with Gasteiger partial charge in [0.2, 0.25) is 0 Å². The van der Waals surface area contributed by atoms with Crippen molar-refractivity contribution in [3.8, 4) is 0 Å². The first-order valence-corrected chi connectivity index (χ1v) is 7.05. The normalized spacial score (nSPS) is 12.6. The average Bonchev–Trinajstić information content (AvgIpc) is 2.94. The molecule has 0 fully saturated rings. The minimum Gasteiger partial charge on any atom is -0.329 e. The summed E-state index contributed by atoms with van der Waals surface area (Å²) < 4.78 is 0. The van der Waals surface area contributed by atoms with Crippen molar-refractivity contribution in [1.82, 2.24) is 9.97 Å². The molecule has 0 amide bonds. The van der Waals surface area contributed by atoms with E-state index in [4.69, 9.17) is 0 Å². The Balaban J connectivity index is 2.00. The number of allylic oxidation sites excluding steroid dienone is 1. The Morgan fingerprint density at radius 3 is 2.60 bits per heavy atom. The second-order valence-electron chi connectivity index (χ2n) is 5.14. The Hall–Kier alpha value is -2.16. The second kappa shape index (κ2) is 5.08. The predicted molar refractivity (Wildman–Crippen MR) is 83.4 cm³/mol. The number of hydrogen-bond acceptors (Lipinski definition) is 3. The molecule has 0 atom stereocenters. The molecule has 3 rings (SSSR count). The molecule has 20 heavy (non-hydrogen) atoms. The molecule has 3 heteroatoms. The van der Waals surface area contributed by atoms with Crippen LogP contribution in [0, 0.1) is 6.92 Å². The van der Waals surface area contributed by atoms with Crippen LogP contribution in [0.15, 0.2) is 30.3 Å². The lowest BCUT2D eigenvalue weighted by molar-refractivity contribution is 0.977. The molecule has 2 aromatic rings. The highest BCUT2D eigenvalue weighted by Crippen LogP contribution is 2.30. The molecular formula is C17H19N3. The zero-order valence-electron chi connectivity index (χ0n) is 12.2. The third-order valence-corrected chi connectivity index (χ3v) is 3.78. The van der Waals surface area contributed by atoms with E-state index < -0.39 is 0 Å². The van der Waals surface area contributed by atoms with Crippen LogP contribution in [0.1, 0.15) is 29.6 Å². The fourth-order valence-corrected chi connectivity index (χ4v) is 2.58. The van der Waals surface area contributed by atoms with Crippen molar-refractivity contribution in [2.24, 2.45) is 0 Å². The number of rotatable bonds is 3. The third-order valence-electron chi connectivity index (χ3n) is 3.78. The van der Waals surface area contributed by atoms with Crippen molar-refractivity contribution in [3.63, 3.8) is 0 Å². The molecule has 1 aliphatic rings. The minimum absolute atomic E-state index is 0.822. The Labute approximate surface area is 120 Å². The maximum atomic E-state index is 4.64. The van der Waals surface area contributed by atoms with Gasteiger partial charge in [-0.2, -0.15) is 0 Å². The van der Waals surface area contributed by atoms with Crippen molar-refractivity contribution in [3.05, 3.63) is 53.0 Å². The molecule has 0 radical (unpaired) electrons. The summed E-state index contributed by atoms with van der Waals surface area (Å²) in [6, 6.07) is 8.67. The molecule has 0 bridgehead atoms. The molecule has 102 valence electrons. The van der Waals surface area contributed by atoms with E-state index in [0.29, 0.717) is 0 Å². The molecule has 0 aliphatic heterocycles. The largest absolute Gasteiger partial charge is 0.329 e. The van der Waals surface area contributed by atoms with Gasteiger partial charge in [-0.15, -0.1) is 0 Å². The van der Waals surface area contributed by atoms with E-state index >= 15 is 0 Å². The van der Waals surface area contributed by atoms with Crippen LogP contribution in [0.3, 0.4) is 0 Å². The Bertz CT molecular complexity index is 657. The van der Waals surface area contributed by atoms with E-state index in [1.165, 1.54) is 11.1 Å². The van der Waals surface area contributed by atoms with Gasteiger partial charge in [0, 0.05) is 18.3 Å². The first-order chi connectivity index (χ1) is 9.69. The molecule has 0 unspecified atom stereocenters. The smallest absolute Gasteiger partial charge is 0.140 e. The number of aromatic nitrogens is 2. The fourth-order valence-electron chi connectivity index (χ4n) is 2.58. The lowest BCUT2D eigenvalue weighted by Crippen LogP contribution is -2.15. The van der Waals surface area contributed by atoms with Gasteiger partial charge in [0.05, 0.1) is 5.69 Å². The summed E-state index contributed by atoms with van der Waals surface area (Å²) >= 11 is 0. The molecule has 0 saturated heterocycles. The quantitative estimate of drug-likeness (QED) is 0.847. The van der Waals surface area contributed by atoms with Crippen LogP contribution in [-0.4, -0.2) is 17.0 Å². The van der Waals surface area contributed by atoms with Crippen LogP contribution in [0.25, 0.3) is 6.08 Å². The van der Waals surface area contributed by atoms with Crippen LogP contribution in [0.4, 0.5) is 11.5 Å². The first-order valence-electron chi connectivity index (χ1n) is 7.05. The van der Waals surface area contributed by atoms with E-state index in [1.54, 1.807) is 0 Å². The maximum absolute atomic E-state index is 4.64. The molecule has 1 heterocycles. The van der Waals surface area contributed by atoms with Gasteiger partial charge in [-0.1, -0.05) is 25.1 Å². The summed E-state index contributed by atoms with van der Waals surface area (Å²) in [6.45, 7) is 4.12. The van der Waals surface area contributed by atoms with Gasteiger partial charge in [-0.3, -0.25) is 0 Å². The van der Waals surface area contributed by atoms with Crippen LogP contribution in [-0.2, 0) is 12.8 Å². The van der Waals surface area contributed by atoms with E-state index in [0.717, 1.165) is 35.9 Å². The lowest BCUT2D eigenvalue weighted by atomic mass is 10.1. The lowest BCUT2D eigenvalue weighted by Gasteiger charge is -2.21. The fraction of sp³-hybridized carbons (Fsp3) is 0.294. The van der Waals surface area contributed by atoms with Crippen LogP contribution in [0.5, 0.6) is 0 Å². The van der Waals surface area contributed by atoms with Crippen molar-refractivity contribution in [2.45, 2.75) is 26.7 Å². The van der Waals surface area contributed by atoms with E-state index in [-0.39, 0.29) is 0 Å². The van der Waals surface area contributed by atoms with E-state index in [2.05, 4.69) is 65.3 Å². The zero-order valence-corrected chi connectivity index (χ0v) is 12.2. The maximum Gasteiger partial charge on any atom is 0.140 e. The number of aryl methyl sites for hydroxylation is 2. The zero-order chi connectivity index (χ0) is 14.1. The number of benzene rings is 1. The van der Waals surface area contributed by atoms with Crippen LogP contribution < -0.4 is 4.90 Å². The Morgan fingerprint density at radius 2 is 1.90 bits per heavy atom. The predicted octanol–water partition coefficient (Wildman–Crippen LogP) is 3.68. The van der Waals surface area contributed by atoms with E-state index in [1.807, 2.05) is 6.92 Å². The molecule has 0 N–H and O–H groups in total. The number of hydrogen-bond donors (Lipinski definition) is 0. The van der Waals surface area contributed by atoms with E-state index in [9.17, 15) is 0 Å². The highest BCUT2D eigenvalue weighted by molar-refractivity contribution is 5.69. The molecule has 1 aliphatic carbocycles. The van der Waals surface area contributed by atoms with Crippen molar-refractivity contribution in [2.75, 3.05) is 11.9 Å². The monoisotopic (exact) mass is 265 g/mol. The summed E-state index contributed by atoms with van der Waals surface area (Å²) in [7, 11) is 2.07. The standard InChI is InChI=1S/C17H19N3/c1-4-13-8-10-14(11-9-13)20(3)17-15-6-5-7-16(15)18-12(2)19-17/h5,7-11H,4,6H2,1-3H3. The van der Waals surface area contributed by atoms with Gasteiger partial charge in [-0.05, 0) is 43.5 Å². The van der Waals surface area contributed by atoms with Gasteiger partial charge in [0.15, 0.2) is 0 Å². The third kappa shape index (κ3) is 2.20. The van der Waals surface area contributed by atoms with Crippen LogP contribution >= 0.6 is 0 Å².